The fourth-order valence-corrected chi connectivity index (χ4v) is 3.71. The van der Waals surface area contributed by atoms with E-state index in [1.165, 1.54) is 4.68 Å². The summed E-state index contributed by atoms with van der Waals surface area (Å²) < 4.78 is 3.35. The molecule has 166 valence electrons. The number of hydrogen-bond donors (Lipinski definition) is 3. The van der Waals surface area contributed by atoms with Crippen LogP contribution in [0.3, 0.4) is 0 Å². The first kappa shape index (κ1) is 21.5. The summed E-state index contributed by atoms with van der Waals surface area (Å²) in [6.45, 7) is 2.63. The molecule has 3 aromatic heterocycles. The van der Waals surface area contributed by atoms with Gasteiger partial charge in [0, 0.05) is 37.7 Å². The van der Waals surface area contributed by atoms with Gasteiger partial charge in [-0.05, 0) is 50.5 Å². The number of aryl methyl sites for hydroxylation is 3. The van der Waals surface area contributed by atoms with Crippen LogP contribution in [0.1, 0.15) is 35.3 Å². The number of aromatic nitrogens is 5. The predicted octanol–water partition coefficient (Wildman–Crippen LogP) is 2.85. The zero-order valence-electron chi connectivity index (χ0n) is 18.1. The highest BCUT2D eigenvalue weighted by Crippen LogP contribution is 2.22. The number of fused-ring (bicyclic) bond motifs is 1. The van der Waals surface area contributed by atoms with Crippen LogP contribution in [0.4, 0.5) is 5.95 Å². The van der Waals surface area contributed by atoms with Crippen molar-refractivity contribution in [3.63, 3.8) is 0 Å². The fourth-order valence-electron chi connectivity index (χ4n) is 3.71. The molecule has 0 unspecified atom stereocenters. The molecule has 1 amide bonds. The van der Waals surface area contributed by atoms with E-state index in [1.54, 1.807) is 32.3 Å². The third kappa shape index (κ3) is 4.33. The van der Waals surface area contributed by atoms with Crippen molar-refractivity contribution in [2.24, 2.45) is 7.05 Å². The van der Waals surface area contributed by atoms with Crippen molar-refractivity contribution in [3.05, 3.63) is 64.2 Å². The van der Waals surface area contributed by atoms with E-state index in [0.29, 0.717) is 35.0 Å². The van der Waals surface area contributed by atoms with Crippen molar-refractivity contribution in [1.29, 1.82) is 0 Å². The Morgan fingerprint density at radius 3 is 2.72 bits per heavy atom. The number of nitrogens with zero attached hydrogens (tertiary/aromatic N) is 4. The summed E-state index contributed by atoms with van der Waals surface area (Å²) in [6.07, 6.45) is 4.07. The number of benzene rings is 1. The van der Waals surface area contributed by atoms with Gasteiger partial charge in [0.2, 0.25) is 5.95 Å². The van der Waals surface area contributed by atoms with Gasteiger partial charge in [-0.1, -0.05) is 12.1 Å². The number of anilines is 1. The Bertz CT molecular complexity index is 1320. The zero-order chi connectivity index (χ0) is 22.7. The Morgan fingerprint density at radius 1 is 1.16 bits per heavy atom. The van der Waals surface area contributed by atoms with Crippen LogP contribution in [-0.4, -0.2) is 41.9 Å². The van der Waals surface area contributed by atoms with Crippen LogP contribution in [0.2, 0.25) is 0 Å². The molecule has 1 aromatic carbocycles. The minimum atomic E-state index is -0.323. The lowest BCUT2D eigenvalue weighted by atomic mass is 10.1. The molecule has 4 rings (SSSR count). The maximum Gasteiger partial charge on any atom is 0.275 e. The van der Waals surface area contributed by atoms with Crippen LogP contribution in [-0.2, 0) is 13.6 Å². The first-order chi connectivity index (χ1) is 15.5. The molecule has 9 heteroatoms. The van der Waals surface area contributed by atoms with Crippen molar-refractivity contribution in [2.45, 2.75) is 32.7 Å². The van der Waals surface area contributed by atoms with Crippen molar-refractivity contribution in [3.8, 4) is 11.3 Å². The third-order valence-corrected chi connectivity index (χ3v) is 5.35. The highest BCUT2D eigenvalue weighted by Gasteiger charge is 2.17. The molecule has 3 heterocycles. The van der Waals surface area contributed by atoms with Gasteiger partial charge in [0.1, 0.15) is 0 Å². The highest BCUT2D eigenvalue weighted by molar-refractivity contribution is 6.04. The number of carbonyl (C=O) groups is 1. The number of carbonyl (C=O) groups excluding carboxylic acids is 1. The largest absolute Gasteiger partial charge is 0.396 e. The average Bonchev–Trinajstić information content (AvgIpc) is 3.30. The molecule has 0 saturated heterocycles. The van der Waals surface area contributed by atoms with Gasteiger partial charge in [0.25, 0.3) is 11.5 Å². The lowest BCUT2D eigenvalue weighted by Crippen LogP contribution is -2.17. The first-order valence-corrected chi connectivity index (χ1v) is 10.6. The summed E-state index contributed by atoms with van der Waals surface area (Å²) in [5.41, 5.74) is 3.40. The van der Waals surface area contributed by atoms with Crippen molar-refractivity contribution in [2.75, 3.05) is 11.9 Å². The van der Waals surface area contributed by atoms with Crippen molar-refractivity contribution >= 4 is 22.9 Å². The molecule has 0 aliphatic heterocycles. The molecule has 9 nitrogen and oxygen atoms in total. The Labute approximate surface area is 184 Å². The lowest BCUT2D eigenvalue weighted by Gasteiger charge is -2.11. The lowest BCUT2D eigenvalue weighted by molar-refractivity contribution is 0.102. The van der Waals surface area contributed by atoms with Crippen molar-refractivity contribution in [1.82, 2.24) is 24.3 Å². The molecule has 0 radical (unpaired) electrons. The SMILES string of the molecule is Cc1cc(C(=O)Nc2nc3ccccc3n2CCCCCO)cc(-c2c[nH]n(C)c2=O)n1. The number of nitrogens with one attached hydrogen (secondary N) is 2. The van der Waals surface area contributed by atoms with E-state index >= 15 is 0 Å². The van der Waals surface area contributed by atoms with Crippen LogP contribution < -0.4 is 10.9 Å². The number of amides is 1. The van der Waals surface area contributed by atoms with Gasteiger partial charge in [0.15, 0.2) is 0 Å². The number of para-hydroxylation sites is 2. The van der Waals surface area contributed by atoms with Gasteiger partial charge in [0.05, 0.1) is 22.3 Å². The maximum absolute atomic E-state index is 13.1. The summed E-state index contributed by atoms with van der Waals surface area (Å²) in [6, 6.07) is 11.0. The predicted molar refractivity (Wildman–Crippen MR) is 123 cm³/mol. The number of pyridine rings is 1. The number of imidazole rings is 1. The summed E-state index contributed by atoms with van der Waals surface area (Å²) in [5, 5.41) is 14.8. The van der Waals surface area contributed by atoms with E-state index in [0.717, 1.165) is 30.3 Å². The highest BCUT2D eigenvalue weighted by atomic mass is 16.3. The molecule has 4 aromatic rings. The normalized spacial score (nSPS) is 11.2. The standard InChI is InChI=1S/C23H26N6O3/c1-15-12-16(13-19(25-15)17-14-24-28(2)22(17)32)21(31)27-23-26-18-8-4-5-9-20(18)29(23)10-6-3-7-11-30/h4-5,8-9,12-14,24,30H,3,6-7,10-11H2,1-2H3,(H,26,27,31). The van der Waals surface area contributed by atoms with Gasteiger partial charge in [-0.3, -0.25) is 24.6 Å². The number of hydrogen-bond acceptors (Lipinski definition) is 5. The molecular weight excluding hydrogens is 408 g/mol. The summed E-state index contributed by atoms with van der Waals surface area (Å²) in [7, 11) is 1.63. The Balaban J connectivity index is 1.64. The van der Waals surface area contributed by atoms with E-state index in [1.807, 2.05) is 28.8 Å². The monoisotopic (exact) mass is 434 g/mol. The average molecular weight is 435 g/mol. The molecule has 0 aliphatic rings. The molecule has 0 atom stereocenters. The number of aliphatic hydroxyl groups excluding tert-OH is 1. The molecule has 0 bridgehead atoms. The molecule has 0 fully saturated rings. The van der Waals surface area contributed by atoms with Crippen LogP contribution in [0.5, 0.6) is 0 Å². The summed E-state index contributed by atoms with van der Waals surface area (Å²) in [4.78, 5) is 34.5. The molecule has 3 N–H and O–H groups in total. The second-order valence-electron chi connectivity index (χ2n) is 7.75. The second-order valence-corrected chi connectivity index (χ2v) is 7.75. The molecule has 32 heavy (non-hydrogen) atoms. The topological polar surface area (TPSA) is 118 Å². The van der Waals surface area contributed by atoms with Crippen LogP contribution in [0, 0.1) is 6.92 Å². The summed E-state index contributed by atoms with van der Waals surface area (Å²) in [5.74, 6) is 0.143. The van der Waals surface area contributed by atoms with Crippen LogP contribution in [0.15, 0.2) is 47.4 Å². The second kappa shape index (κ2) is 9.19. The van der Waals surface area contributed by atoms with Crippen LogP contribution >= 0.6 is 0 Å². The maximum atomic E-state index is 13.1. The van der Waals surface area contributed by atoms with E-state index in [2.05, 4.69) is 20.4 Å². The van der Waals surface area contributed by atoms with Gasteiger partial charge in [-0.25, -0.2) is 4.98 Å². The van der Waals surface area contributed by atoms with Crippen molar-refractivity contribution < 1.29 is 9.90 Å². The Morgan fingerprint density at radius 2 is 1.97 bits per heavy atom. The molecule has 0 aliphatic carbocycles. The number of aliphatic hydroxyl groups is 1. The van der Waals surface area contributed by atoms with E-state index in [4.69, 9.17) is 5.11 Å². The fraction of sp³-hybridized carbons (Fsp3) is 0.304. The van der Waals surface area contributed by atoms with E-state index in [9.17, 15) is 9.59 Å². The third-order valence-electron chi connectivity index (χ3n) is 5.35. The number of aromatic amines is 1. The number of unbranched alkanes of at least 4 members (excludes halogenated alkanes) is 2. The minimum Gasteiger partial charge on any atom is -0.396 e. The molecular formula is C23H26N6O3. The summed E-state index contributed by atoms with van der Waals surface area (Å²) >= 11 is 0. The minimum absolute atomic E-state index is 0.169. The van der Waals surface area contributed by atoms with Gasteiger partial charge < -0.3 is 14.8 Å². The first-order valence-electron chi connectivity index (χ1n) is 10.6. The number of H-pyrrole nitrogens is 1. The van der Waals surface area contributed by atoms with E-state index in [-0.39, 0.29) is 18.1 Å². The van der Waals surface area contributed by atoms with E-state index < -0.39 is 0 Å². The van der Waals surface area contributed by atoms with Gasteiger partial charge in [-0.2, -0.15) is 0 Å². The molecule has 0 spiro atoms. The smallest absolute Gasteiger partial charge is 0.275 e. The Kier molecular flexibility index (Phi) is 6.18. The zero-order valence-corrected chi connectivity index (χ0v) is 18.1. The number of rotatable bonds is 8. The van der Waals surface area contributed by atoms with Gasteiger partial charge in [-0.15, -0.1) is 0 Å². The van der Waals surface area contributed by atoms with Crippen LogP contribution in [0.25, 0.3) is 22.3 Å². The Hall–Kier alpha value is -3.72. The van der Waals surface area contributed by atoms with Gasteiger partial charge >= 0.3 is 0 Å². The molecule has 0 saturated carbocycles. The quantitative estimate of drug-likeness (QED) is 0.369.